The number of anilines is 2. The van der Waals surface area contributed by atoms with E-state index in [4.69, 9.17) is 14.5 Å². The molecule has 150 valence electrons. The molecule has 2 aromatic rings. The summed E-state index contributed by atoms with van der Waals surface area (Å²) in [7, 11) is 0. The van der Waals surface area contributed by atoms with Crippen molar-refractivity contribution in [2.24, 2.45) is 0 Å². The van der Waals surface area contributed by atoms with Crippen LogP contribution in [0.2, 0.25) is 0 Å². The van der Waals surface area contributed by atoms with Gasteiger partial charge in [0.15, 0.2) is 0 Å². The third-order valence-electron chi connectivity index (χ3n) is 5.40. The molecule has 1 saturated heterocycles. The SMILES string of the molecule is Cc1noc(C)c1C(=O)N1CCc2nc(N3CCCC3)nc(NC(C)C)c2C1. The van der Waals surface area contributed by atoms with Gasteiger partial charge in [0, 0.05) is 37.7 Å². The summed E-state index contributed by atoms with van der Waals surface area (Å²) < 4.78 is 5.19. The van der Waals surface area contributed by atoms with Crippen molar-refractivity contribution in [3.05, 3.63) is 28.3 Å². The van der Waals surface area contributed by atoms with Gasteiger partial charge in [-0.2, -0.15) is 4.98 Å². The van der Waals surface area contributed by atoms with Crippen molar-refractivity contribution in [3.63, 3.8) is 0 Å². The third kappa shape index (κ3) is 3.43. The molecule has 8 nitrogen and oxygen atoms in total. The standard InChI is InChI=1S/C20H28N6O2/c1-12(2)21-18-15-11-26(19(27)17-13(3)24-28-14(17)4)10-7-16(15)22-20(23-18)25-8-5-6-9-25/h12H,5-11H2,1-4H3,(H,21,22,23). The molecule has 1 amide bonds. The highest BCUT2D eigenvalue weighted by Gasteiger charge is 2.30. The molecule has 0 bridgehead atoms. The van der Waals surface area contributed by atoms with Gasteiger partial charge in [0.25, 0.3) is 5.91 Å². The predicted octanol–water partition coefficient (Wildman–Crippen LogP) is 2.70. The van der Waals surface area contributed by atoms with Crippen LogP contribution >= 0.6 is 0 Å². The van der Waals surface area contributed by atoms with E-state index in [1.54, 1.807) is 13.8 Å². The van der Waals surface area contributed by atoms with Crippen molar-refractivity contribution in [2.45, 2.75) is 59.5 Å². The smallest absolute Gasteiger partial charge is 0.259 e. The molecule has 0 atom stereocenters. The van der Waals surface area contributed by atoms with Crippen LogP contribution in [0.1, 0.15) is 59.8 Å². The topological polar surface area (TPSA) is 87.4 Å². The second kappa shape index (κ2) is 7.41. The van der Waals surface area contributed by atoms with Crippen molar-refractivity contribution in [2.75, 3.05) is 29.9 Å². The maximum atomic E-state index is 13.1. The van der Waals surface area contributed by atoms with E-state index in [1.165, 1.54) is 12.8 Å². The summed E-state index contributed by atoms with van der Waals surface area (Å²) in [5, 5.41) is 7.39. The lowest BCUT2D eigenvalue weighted by molar-refractivity contribution is 0.0731. The molecule has 0 spiro atoms. The summed E-state index contributed by atoms with van der Waals surface area (Å²) in [6.45, 7) is 10.9. The lowest BCUT2D eigenvalue weighted by Gasteiger charge is -2.31. The number of hydrogen-bond acceptors (Lipinski definition) is 7. The number of rotatable bonds is 4. The molecule has 0 aromatic carbocycles. The van der Waals surface area contributed by atoms with Gasteiger partial charge in [0.2, 0.25) is 5.95 Å². The van der Waals surface area contributed by atoms with Crippen LogP contribution in [0.4, 0.5) is 11.8 Å². The Morgan fingerprint density at radius 3 is 2.54 bits per heavy atom. The molecule has 2 aliphatic rings. The van der Waals surface area contributed by atoms with Crippen LogP contribution < -0.4 is 10.2 Å². The first-order valence-corrected chi connectivity index (χ1v) is 10.1. The molecule has 0 unspecified atom stereocenters. The van der Waals surface area contributed by atoms with Crippen molar-refractivity contribution in [3.8, 4) is 0 Å². The normalized spacial score (nSPS) is 16.6. The number of carbonyl (C=O) groups is 1. The van der Waals surface area contributed by atoms with E-state index in [9.17, 15) is 4.79 Å². The first kappa shape index (κ1) is 18.7. The summed E-state index contributed by atoms with van der Waals surface area (Å²) in [5.74, 6) is 2.18. The lowest BCUT2D eigenvalue weighted by atomic mass is 10.0. The molecule has 1 fully saturated rings. The zero-order chi connectivity index (χ0) is 19.8. The summed E-state index contributed by atoms with van der Waals surface area (Å²) in [6, 6.07) is 0.249. The van der Waals surface area contributed by atoms with Gasteiger partial charge in [-0.15, -0.1) is 0 Å². The minimum absolute atomic E-state index is 0.0407. The number of amides is 1. The largest absolute Gasteiger partial charge is 0.367 e. The van der Waals surface area contributed by atoms with E-state index >= 15 is 0 Å². The maximum Gasteiger partial charge on any atom is 0.259 e. The number of aromatic nitrogens is 3. The second-order valence-electron chi connectivity index (χ2n) is 7.97. The Kier molecular flexibility index (Phi) is 4.95. The molecule has 0 aliphatic carbocycles. The average Bonchev–Trinajstić information content (AvgIpc) is 3.30. The molecule has 8 heteroatoms. The van der Waals surface area contributed by atoms with E-state index in [2.05, 4.69) is 29.2 Å². The highest BCUT2D eigenvalue weighted by atomic mass is 16.5. The Morgan fingerprint density at radius 1 is 1.14 bits per heavy atom. The van der Waals surface area contributed by atoms with Gasteiger partial charge >= 0.3 is 0 Å². The number of nitrogens with one attached hydrogen (secondary N) is 1. The fourth-order valence-corrected chi connectivity index (χ4v) is 3.97. The molecule has 4 heterocycles. The van der Waals surface area contributed by atoms with Gasteiger partial charge < -0.3 is 19.6 Å². The van der Waals surface area contributed by atoms with Gasteiger partial charge in [-0.1, -0.05) is 5.16 Å². The summed E-state index contributed by atoms with van der Waals surface area (Å²) in [6.07, 6.45) is 3.10. The Balaban J connectivity index is 1.66. The van der Waals surface area contributed by atoms with Crippen LogP contribution in [0.15, 0.2) is 4.52 Å². The fourth-order valence-electron chi connectivity index (χ4n) is 3.97. The molecule has 2 aromatic heterocycles. The highest BCUT2D eigenvalue weighted by molar-refractivity contribution is 5.96. The Bertz CT molecular complexity index is 866. The number of aryl methyl sites for hydroxylation is 2. The minimum atomic E-state index is -0.0407. The molecular formula is C20H28N6O2. The zero-order valence-corrected chi connectivity index (χ0v) is 17.1. The summed E-state index contributed by atoms with van der Waals surface area (Å²) in [4.78, 5) is 26.9. The number of fused-ring (bicyclic) bond motifs is 1. The number of hydrogen-bond donors (Lipinski definition) is 1. The first-order chi connectivity index (χ1) is 13.4. The molecular weight excluding hydrogens is 356 g/mol. The van der Waals surface area contributed by atoms with E-state index in [0.717, 1.165) is 42.5 Å². The fraction of sp³-hybridized carbons (Fsp3) is 0.600. The van der Waals surface area contributed by atoms with E-state index in [-0.39, 0.29) is 11.9 Å². The quantitative estimate of drug-likeness (QED) is 0.867. The van der Waals surface area contributed by atoms with Crippen molar-refractivity contribution in [1.82, 2.24) is 20.0 Å². The molecule has 0 saturated carbocycles. The van der Waals surface area contributed by atoms with Crippen molar-refractivity contribution < 1.29 is 9.32 Å². The van der Waals surface area contributed by atoms with Gasteiger partial charge in [-0.05, 0) is 40.5 Å². The Morgan fingerprint density at radius 2 is 1.89 bits per heavy atom. The highest BCUT2D eigenvalue weighted by Crippen LogP contribution is 2.29. The predicted molar refractivity (Wildman–Crippen MR) is 107 cm³/mol. The number of carbonyl (C=O) groups excluding carboxylic acids is 1. The van der Waals surface area contributed by atoms with Crippen LogP contribution in [0.25, 0.3) is 0 Å². The maximum absolute atomic E-state index is 13.1. The summed E-state index contributed by atoms with van der Waals surface area (Å²) >= 11 is 0. The van der Waals surface area contributed by atoms with Crippen LogP contribution in [0, 0.1) is 13.8 Å². The van der Waals surface area contributed by atoms with E-state index < -0.39 is 0 Å². The van der Waals surface area contributed by atoms with Crippen LogP contribution in [-0.2, 0) is 13.0 Å². The molecule has 28 heavy (non-hydrogen) atoms. The van der Waals surface area contributed by atoms with Crippen LogP contribution in [0.5, 0.6) is 0 Å². The van der Waals surface area contributed by atoms with Crippen LogP contribution in [0.3, 0.4) is 0 Å². The Labute approximate surface area is 165 Å². The van der Waals surface area contributed by atoms with Gasteiger partial charge in [0.1, 0.15) is 17.1 Å². The Hall–Kier alpha value is -2.64. The van der Waals surface area contributed by atoms with E-state index in [1.807, 2.05) is 4.90 Å². The molecule has 2 aliphatic heterocycles. The molecule has 1 N–H and O–H groups in total. The van der Waals surface area contributed by atoms with Gasteiger partial charge in [-0.3, -0.25) is 4.79 Å². The summed E-state index contributed by atoms with van der Waals surface area (Å²) in [5.41, 5.74) is 3.26. The van der Waals surface area contributed by atoms with Crippen molar-refractivity contribution >= 4 is 17.7 Å². The minimum Gasteiger partial charge on any atom is -0.367 e. The molecule has 4 rings (SSSR count). The zero-order valence-electron chi connectivity index (χ0n) is 17.1. The monoisotopic (exact) mass is 384 g/mol. The van der Waals surface area contributed by atoms with Gasteiger partial charge in [-0.25, -0.2) is 4.98 Å². The van der Waals surface area contributed by atoms with Crippen molar-refractivity contribution in [1.29, 1.82) is 0 Å². The average molecular weight is 384 g/mol. The van der Waals surface area contributed by atoms with Crippen LogP contribution in [-0.4, -0.2) is 51.6 Å². The van der Waals surface area contributed by atoms with E-state index in [0.29, 0.717) is 30.1 Å². The van der Waals surface area contributed by atoms with Gasteiger partial charge in [0.05, 0.1) is 17.9 Å². The lowest BCUT2D eigenvalue weighted by Crippen LogP contribution is -2.38. The first-order valence-electron chi connectivity index (χ1n) is 10.1. The third-order valence-corrected chi connectivity index (χ3v) is 5.40. The number of nitrogens with zero attached hydrogens (tertiary/aromatic N) is 5. The molecule has 0 radical (unpaired) electrons. The second-order valence-corrected chi connectivity index (χ2v) is 7.97.